The van der Waals surface area contributed by atoms with Gasteiger partial charge < -0.3 is 24.2 Å². The largest absolute Gasteiger partial charge is 0.458 e. The predicted molar refractivity (Wildman–Crippen MR) is 122 cm³/mol. The number of urea groups is 1. The fourth-order valence-corrected chi connectivity index (χ4v) is 4.23. The van der Waals surface area contributed by atoms with Crippen LogP contribution in [0.1, 0.15) is 12.8 Å². The summed E-state index contributed by atoms with van der Waals surface area (Å²) in [4.78, 5) is 32.0. The van der Waals surface area contributed by atoms with Crippen molar-refractivity contribution < 1.29 is 14.3 Å². The molecule has 1 unspecified atom stereocenters. The minimum Gasteiger partial charge on any atom is -0.458 e. The summed E-state index contributed by atoms with van der Waals surface area (Å²) >= 11 is 0. The SMILES string of the molecule is CN(C)C(=O)N1CCCC(Oc2nc(-c3cccc4[nH]ncc34)nc(N3CCOCC3)n2)C1. The zero-order valence-electron chi connectivity index (χ0n) is 18.9. The second-order valence-corrected chi connectivity index (χ2v) is 8.48. The number of rotatable bonds is 4. The van der Waals surface area contributed by atoms with Crippen molar-refractivity contribution >= 4 is 22.9 Å². The van der Waals surface area contributed by atoms with Crippen LogP contribution in [0.4, 0.5) is 10.7 Å². The van der Waals surface area contributed by atoms with E-state index in [4.69, 9.17) is 14.5 Å². The van der Waals surface area contributed by atoms with Gasteiger partial charge in [0.05, 0.1) is 31.5 Å². The van der Waals surface area contributed by atoms with E-state index in [1.165, 1.54) is 0 Å². The molecule has 11 heteroatoms. The predicted octanol–water partition coefficient (Wildman–Crippen LogP) is 1.78. The molecule has 4 heterocycles. The Morgan fingerprint density at radius 1 is 1.18 bits per heavy atom. The molecule has 2 aromatic heterocycles. The van der Waals surface area contributed by atoms with Gasteiger partial charge in [-0.15, -0.1) is 0 Å². The van der Waals surface area contributed by atoms with E-state index in [0.29, 0.717) is 44.6 Å². The van der Waals surface area contributed by atoms with Crippen molar-refractivity contribution in [2.24, 2.45) is 0 Å². The van der Waals surface area contributed by atoms with Crippen molar-refractivity contribution in [2.45, 2.75) is 18.9 Å². The van der Waals surface area contributed by atoms with Crippen LogP contribution in [-0.4, -0.2) is 101 Å². The Bertz CT molecular complexity index is 1130. The second kappa shape index (κ2) is 9.18. The van der Waals surface area contributed by atoms with Crippen molar-refractivity contribution in [2.75, 3.05) is 58.4 Å². The lowest BCUT2D eigenvalue weighted by molar-refractivity contribution is 0.0848. The lowest BCUT2D eigenvalue weighted by Crippen LogP contribution is -2.48. The third kappa shape index (κ3) is 4.54. The van der Waals surface area contributed by atoms with Crippen LogP contribution in [0.5, 0.6) is 6.01 Å². The average molecular weight is 453 g/mol. The van der Waals surface area contributed by atoms with Crippen LogP contribution < -0.4 is 9.64 Å². The number of hydrogen-bond donors (Lipinski definition) is 1. The van der Waals surface area contributed by atoms with Gasteiger partial charge >= 0.3 is 12.0 Å². The number of nitrogens with zero attached hydrogens (tertiary/aromatic N) is 7. The highest BCUT2D eigenvalue weighted by atomic mass is 16.5. The van der Waals surface area contributed by atoms with Gasteiger partial charge in [-0.05, 0) is 18.9 Å². The maximum atomic E-state index is 12.4. The Morgan fingerprint density at radius 3 is 2.85 bits per heavy atom. The molecule has 2 fully saturated rings. The number of aromatic nitrogens is 5. The smallest absolute Gasteiger partial charge is 0.322 e. The molecule has 2 aliphatic heterocycles. The van der Waals surface area contributed by atoms with Crippen LogP contribution in [0.2, 0.25) is 0 Å². The number of carbonyl (C=O) groups is 1. The zero-order chi connectivity index (χ0) is 22.8. The van der Waals surface area contributed by atoms with Crippen LogP contribution in [0.3, 0.4) is 0 Å². The molecule has 5 rings (SSSR count). The molecule has 1 aromatic carbocycles. The van der Waals surface area contributed by atoms with Gasteiger partial charge in [0.25, 0.3) is 0 Å². The summed E-state index contributed by atoms with van der Waals surface area (Å²) in [5.41, 5.74) is 1.77. The fourth-order valence-electron chi connectivity index (χ4n) is 4.23. The van der Waals surface area contributed by atoms with E-state index in [2.05, 4.69) is 25.1 Å². The second-order valence-electron chi connectivity index (χ2n) is 8.48. The summed E-state index contributed by atoms with van der Waals surface area (Å²) in [6, 6.07) is 6.14. The van der Waals surface area contributed by atoms with Crippen molar-refractivity contribution in [3.63, 3.8) is 0 Å². The van der Waals surface area contributed by atoms with Crippen molar-refractivity contribution in [3.05, 3.63) is 24.4 Å². The number of anilines is 1. The molecule has 2 aliphatic rings. The van der Waals surface area contributed by atoms with Crippen LogP contribution in [0, 0.1) is 0 Å². The molecular formula is C22H28N8O3. The van der Waals surface area contributed by atoms with Crippen LogP contribution in [-0.2, 0) is 4.74 Å². The quantitative estimate of drug-likeness (QED) is 0.637. The highest BCUT2D eigenvalue weighted by Crippen LogP contribution is 2.28. The number of fused-ring (bicyclic) bond motifs is 1. The molecule has 1 N–H and O–H groups in total. The maximum Gasteiger partial charge on any atom is 0.322 e. The number of morpholine rings is 1. The highest BCUT2D eigenvalue weighted by Gasteiger charge is 2.27. The number of benzene rings is 1. The molecule has 0 bridgehead atoms. The summed E-state index contributed by atoms with van der Waals surface area (Å²) in [5.74, 6) is 1.10. The van der Waals surface area contributed by atoms with Crippen LogP contribution >= 0.6 is 0 Å². The molecule has 2 amide bonds. The third-order valence-corrected chi connectivity index (χ3v) is 5.93. The van der Waals surface area contributed by atoms with Gasteiger partial charge in [-0.25, -0.2) is 4.79 Å². The van der Waals surface area contributed by atoms with Crippen molar-refractivity contribution in [1.29, 1.82) is 0 Å². The van der Waals surface area contributed by atoms with E-state index in [-0.39, 0.29) is 18.1 Å². The lowest BCUT2D eigenvalue weighted by atomic mass is 10.1. The first-order valence-corrected chi connectivity index (χ1v) is 11.2. The monoisotopic (exact) mass is 452 g/mol. The van der Waals surface area contributed by atoms with E-state index >= 15 is 0 Å². The molecule has 0 spiro atoms. The number of aromatic amines is 1. The first-order valence-electron chi connectivity index (χ1n) is 11.2. The Labute approximate surface area is 191 Å². The van der Waals surface area contributed by atoms with Gasteiger partial charge in [-0.1, -0.05) is 12.1 Å². The summed E-state index contributed by atoms with van der Waals surface area (Å²) < 4.78 is 11.7. The van der Waals surface area contributed by atoms with Crippen LogP contribution in [0.25, 0.3) is 22.3 Å². The van der Waals surface area contributed by atoms with E-state index in [0.717, 1.165) is 35.9 Å². The van der Waals surface area contributed by atoms with Gasteiger partial charge in [-0.2, -0.15) is 20.1 Å². The Balaban J connectivity index is 1.47. The van der Waals surface area contributed by atoms with Gasteiger partial charge in [0.1, 0.15) is 6.10 Å². The summed E-state index contributed by atoms with van der Waals surface area (Å²) in [6.45, 7) is 3.88. The van der Waals surface area contributed by atoms with E-state index in [1.54, 1.807) is 25.2 Å². The number of piperidine rings is 1. The molecule has 174 valence electrons. The molecule has 0 radical (unpaired) electrons. The summed E-state index contributed by atoms with van der Waals surface area (Å²) in [6.07, 6.45) is 3.30. The molecule has 2 saturated heterocycles. The minimum absolute atomic E-state index is 0.0136. The molecule has 33 heavy (non-hydrogen) atoms. The Morgan fingerprint density at radius 2 is 2.03 bits per heavy atom. The Hall–Kier alpha value is -3.47. The fraction of sp³-hybridized carbons (Fsp3) is 0.500. The van der Waals surface area contributed by atoms with Gasteiger partial charge in [0.15, 0.2) is 5.82 Å². The number of nitrogens with one attached hydrogen (secondary N) is 1. The third-order valence-electron chi connectivity index (χ3n) is 5.93. The summed E-state index contributed by atoms with van der Waals surface area (Å²) in [7, 11) is 3.52. The van der Waals surface area contributed by atoms with Gasteiger partial charge in [0.2, 0.25) is 5.95 Å². The zero-order valence-corrected chi connectivity index (χ0v) is 18.9. The number of amides is 2. The number of H-pyrrole nitrogens is 1. The maximum absolute atomic E-state index is 12.4. The van der Waals surface area contributed by atoms with Gasteiger partial charge in [-0.3, -0.25) is 5.10 Å². The van der Waals surface area contributed by atoms with E-state index < -0.39 is 0 Å². The Kier molecular flexibility index (Phi) is 5.95. The number of likely N-dealkylation sites (tertiary alicyclic amines) is 1. The molecule has 11 nitrogen and oxygen atoms in total. The molecule has 0 saturated carbocycles. The standard InChI is InChI=1S/C22H28N8O3/c1-28(2)22(31)30-8-4-5-15(14-30)33-21-25-19(16-6-3-7-18-17(16)13-23-27-18)24-20(26-21)29-9-11-32-12-10-29/h3,6-7,13,15H,4-5,8-12,14H2,1-2H3,(H,23,27). The molecule has 1 atom stereocenters. The van der Waals surface area contributed by atoms with Gasteiger partial charge in [0, 0.05) is 44.7 Å². The van der Waals surface area contributed by atoms with Crippen molar-refractivity contribution in [3.8, 4) is 17.4 Å². The lowest BCUT2D eigenvalue weighted by Gasteiger charge is -2.34. The minimum atomic E-state index is -0.180. The highest BCUT2D eigenvalue weighted by molar-refractivity contribution is 5.92. The number of hydrogen-bond acceptors (Lipinski definition) is 8. The van der Waals surface area contributed by atoms with Crippen LogP contribution in [0.15, 0.2) is 24.4 Å². The summed E-state index contributed by atoms with van der Waals surface area (Å²) in [5, 5.41) is 8.08. The first kappa shape index (κ1) is 21.4. The first-order chi connectivity index (χ1) is 16.1. The average Bonchev–Trinajstić information content (AvgIpc) is 3.33. The normalized spacial score (nSPS) is 19.0. The van der Waals surface area contributed by atoms with Crippen molar-refractivity contribution in [1.82, 2.24) is 34.9 Å². The molecule has 0 aliphatic carbocycles. The van der Waals surface area contributed by atoms with E-state index in [9.17, 15) is 4.79 Å². The number of carbonyl (C=O) groups excluding carboxylic acids is 1. The topological polar surface area (TPSA) is 113 Å². The number of ether oxygens (including phenoxy) is 2. The molecular weight excluding hydrogens is 424 g/mol. The molecule has 3 aromatic rings. The van der Waals surface area contributed by atoms with E-state index in [1.807, 2.05) is 23.1 Å².